The topological polar surface area (TPSA) is 84.5 Å². The molecule has 0 unspecified atom stereocenters. The second kappa shape index (κ2) is 7.35. The van der Waals surface area contributed by atoms with E-state index >= 15 is 0 Å². The Morgan fingerprint density at radius 3 is 2.55 bits per heavy atom. The van der Waals surface area contributed by atoms with Crippen molar-refractivity contribution in [2.75, 3.05) is 6.61 Å². The molecule has 0 radical (unpaired) electrons. The molecule has 22 heavy (non-hydrogen) atoms. The van der Waals surface area contributed by atoms with Gasteiger partial charge in [0.2, 0.25) is 0 Å². The van der Waals surface area contributed by atoms with Crippen LogP contribution in [0.2, 0.25) is 0 Å². The van der Waals surface area contributed by atoms with Gasteiger partial charge in [0.15, 0.2) is 6.61 Å². The lowest BCUT2D eigenvalue weighted by atomic mass is 10.2. The lowest BCUT2D eigenvalue weighted by Gasteiger charge is -2.05. The van der Waals surface area contributed by atoms with Crippen LogP contribution in [0, 0.1) is 5.82 Å². The predicted molar refractivity (Wildman–Crippen MR) is 76.1 cm³/mol. The van der Waals surface area contributed by atoms with Gasteiger partial charge in [-0.3, -0.25) is 10.1 Å². The summed E-state index contributed by atoms with van der Waals surface area (Å²) in [5.74, 6) is -1.82. The average Bonchev–Trinajstić information content (AvgIpc) is 3.28. The highest BCUT2D eigenvalue weighted by atomic mass is 19.1. The van der Waals surface area contributed by atoms with Gasteiger partial charge < -0.3 is 10.1 Å². The first-order valence-electron chi connectivity index (χ1n) is 6.73. The minimum Gasteiger partial charge on any atom is -0.452 e. The summed E-state index contributed by atoms with van der Waals surface area (Å²) in [5.41, 5.74) is 0.617. The Balaban J connectivity index is 1.68. The average molecular weight is 306 g/mol. The first-order valence-corrected chi connectivity index (χ1v) is 6.73. The lowest BCUT2D eigenvalue weighted by Crippen LogP contribution is -2.42. The van der Waals surface area contributed by atoms with Crippen molar-refractivity contribution in [2.45, 2.75) is 18.9 Å². The number of esters is 1. The first-order chi connectivity index (χ1) is 10.5. The fraction of sp³-hybridized carbons (Fsp3) is 0.267. The summed E-state index contributed by atoms with van der Waals surface area (Å²) in [4.78, 5) is 34.0. The van der Waals surface area contributed by atoms with Crippen molar-refractivity contribution in [2.24, 2.45) is 0 Å². The predicted octanol–water partition coefficient (Wildman–Crippen LogP) is 1.37. The number of urea groups is 1. The number of benzene rings is 1. The standard InChI is InChI=1S/C15H15FN2O4/c16-11-4-1-10(2-5-11)3-8-14(20)22-9-13(19)18-15(21)17-12-6-7-12/h1-5,8,12H,6-7,9H2,(H2,17,18,19,21)/b8-3+. The van der Waals surface area contributed by atoms with E-state index in [1.165, 1.54) is 30.3 Å². The molecule has 0 heterocycles. The smallest absolute Gasteiger partial charge is 0.331 e. The summed E-state index contributed by atoms with van der Waals surface area (Å²) >= 11 is 0. The van der Waals surface area contributed by atoms with Crippen molar-refractivity contribution in [3.63, 3.8) is 0 Å². The van der Waals surface area contributed by atoms with Crippen LogP contribution in [0.25, 0.3) is 6.08 Å². The molecular weight excluding hydrogens is 291 g/mol. The van der Waals surface area contributed by atoms with E-state index in [-0.39, 0.29) is 11.9 Å². The molecule has 0 spiro atoms. The van der Waals surface area contributed by atoms with E-state index in [2.05, 4.69) is 15.4 Å². The molecule has 116 valence electrons. The number of carbonyl (C=O) groups is 3. The van der Waals surface area contributed by atoms with Crippen LogP contribution in [0.15, 0.2) is 30.3 Å². The van der Waals surface area contributed by atoms with Crippen LogP contribution >= 0.6 is 0 Å². The van der Waals surface area contributed by atoms with Gasteiger partial charge in [0, 0.05) is 12.1 Å². The molecule has 1 aromatic rings. The third-order valence-electron chi connectivity index (χ3n) is 2.79. The lowest BCUT2D eigenvalue weighted by molar-refractivity contribution is -0.143. The number of halogens is 1. The van der Waals surface area contributed by atoms with Gasteiger partial charge in [0.1, 0.15) is 5.82 Å². The van der Waals surface area contributed by atoms with Gasteiger partial charge in [-0.15, -0.1) is 0 Å². The molecule has 0 saturated heterocycles. The highest BCUT2D eigenvalue weighted by molar-refractivity contribution is 5.96. The number of nitrogens with one attached hydrogen (secondary N) is 2. The maximum atomic E-state index is 12.7. The highest BCUT2D eigenvalue weighted by Gasteiger charge is 2.23. The molecule has 0 aromatic heterocycles. The summed E-state index contributed by atoms with van der Waals surface area (Å²) in [6.45, 7) is -0.551. The molecule has 0 atom stereocenters. The zero-order valence-corrected chi connectivity index (χ0v) is 11.7. The van der Waals surface area contributed by atoms with E-state index in [0.717, 1.165) is 18.9 Å². The number of hydrogen-bond donors (Lipinski definition) is 2. The Hall–Kier alpha value is -2.70. The summed E-state index contributed by atoms with van der Waals surface area (Å²) < 4.78 is 17.4. The fourth-order valence-electron chi connectivity index (χ4n) is 1.53. The maximum absolute atomic E-state index is 12.7. The maximum Gasteiger partial charge on any atom is 0.331 e. The Kier molecular flexibility index (Phi) is 5.24. The van der Waals surface area contributed by atoms with Crippen LogP contribution in [-0.4, -0.2) is 30.6 Å². The monoisotopic (exact) mass is 306 g/mol. The number of ether oxygens (including phenoxy) is 1. The SMILES string of the molecule is O=C(COC(=O)/C=C/c1ccc(F)cc1)NC(=O)NC1CC1. The number of imide groups is 1. The van der Waals surface area contributed by atoms with Crippen LogP contribution in [0.4, 0.5) is 9.18 Å². The molecule has 1 saturated carbocycles. The van der Waals surface area contributed by atoms with Crippen molar-refractivity contribution in [1.82, 2.24) is 10.6 Å². The van der Waals surface area contributed by atoms with Crippen molar-refractivity contribution in [1.29, 1.82) is 0 Å². The molecule has 1 aromatic carbocycles. The Morgan fingerprint density at radius 2 is 1.91 bits per heavy atom. The van der Waals surface area contributed by atoms with E-state index in [0.29, 0.717) is 5.56 Å². The zero-order chi connectivity index (χ0) is 15.9. The van der Waals surface area contributed by atoms with Crippen LogP contribution in [0.3, 0.4) is 0 Å². The normalized spacial score (nSPS) is 13.7. The summed E-state index contributed by atoms with van der Waals surface area (Å²) in [7, 11) is 0. The molecule has 2 N–H and O–H groups in total. The van der Waals surface area contributed by atoms with Gasteiger partial charge in [0.25, 0.3) is 5.91 Å². The fourth-order valence-corrected chi connectivity index (χ4v) is 1.53. The Bertz CT molecular complexity index is 594. The quantitative estimate of drug-likeness (QED) is 0.635. The van der Waals surface area contributed by atoms with Gasteiger partial charge in [0.05, 0.1) is 0 Å². The van der Waals surface area contributed by atoms with Gasteiger partial charge >= 0.3 is 12.0 Å². The van der Waals surface area contributed by atoms with E-state index in [1.807, 2.05) is 0 Å². The van der Waals surface area contributed by atoms with Crippen molar-refractivity contribution in [3.05, 3.63) is 41.7 Å². The Labute approximate surface area is 126 Å². The first kappa shape index (κ1) is 15.7. The minimum absolute atomic E-state index is 0.133. The molecule has 1 fully saturated rings. The van der Waals surface area contributed by atoms with Crippen molar-refractivity contribution >= 4 is 24.0 Å². The third kappa shape index (κ3) is 5.74. The molecule has 0 aliphatic heterocycles. The van der Waals surface area contributed by atoms with Crippen LogP contribution in [-0.2, 0) is 14.3 Å². The second-order valence-corrected chi connectivity index (χ2v) is 4.79. The molecule has 7 heteroatoms. The van der Waals surface area contributed by atoms with Crippen molar-refractivity contribution < 1.29 is 23.5 Å². The van der Waals surface area contributed by atoms with E-state index in [9.17, 15) is 18.8 Å². The summed E-state index contributed by atoms with van der Waals surface area (Å²) in [6, 6.07) is 5.05. The van der Waals surface area contributed by atoms with Crippen LogP contribution in [0.1, 0.15) is 18.4 Å². The molecular formula is C15H15FN2O4. The molecule has 1 aliphatic carbocycles. The van der Waals surface area contributed by atoms with E-state index in [1.54, 1.807) is 0 Å². The molecule has 3 amide bonds. The molecule has 0 bridgehead atoms. The highest BCUT2D eigenvalue weighted by Crippen LogP contribution is 2.18. The van der Waals surface area contributed by atoms with Crippen LogP contribution < -0.4 is 10.6 Å². The largest absolute Gasteiger partial charge is 0.452 e. The molecule has 2 rings (SSSR count). The van der Waals surface area contributed by atoms with Gasteiger partial charge in [-0.05, 0) is 36.6 Å². The number of carbonyl (C=O) groups excluding carboxylic acids is 3. The summed E-state index contributed by atoms with van der Waals surface area (Å²) in [5, 5.41) is 4.62. The molecule has 1 aliphatic rings. The van der Waals surface area contributed by atoms with Crippen LogP contribution in [0.5, 0.6) is 0 Å². The number of hydrogen-bond acceptors (Lipinski definition) is 4. The number of rotatable bonds is 5. The minimum atomic E-state index is -0.734. The Morgan fingerprint density at radius 1 is 1.23 bits per heavy atom. The van der Waals surface area contributed by atoms with Gasteiger partial charge in [-0.2, -0.15) is 0 Å². The van der Waals surface area contributed by atoms with E-state index in [4.69, 9.17) is 0 Å². The second-order valence-electron chi connectivity index (χ2n) is 4.79. The third-order valence-corrected chi connectivity index (χ3v) is 2.79. The van der Waals surface area contributed by atoms with Gasteiger partial charge in [-0.25, -0.2) is 14.0 Å². The van der Waals surface area contributed by atoms with Crippen molar-refractivity contribution in [3.8, 4) is 0 Å². The number of amides is 3. The molecule has 6 nitrogen and oxygen atoms in total. The zero-order valence-electron chi connectivity index (χ0n) is 11.7. The van der Waals surface area contributed by atoms with E-state index < -0.39 is 24.5 Å². The van der Waals surface area contributed by atoms with Gasteiger partial charge in [-0.1, -0.05) is 12.1 Å². The summed E-state index contributed by atoms with van der Waals surface area (Å²) in [6.07, 6.45) is 4.36.